The van der Waals surface area contributed by atoms with Gasteiger partial charge in [-0.2, -0.15) is 0 Å². The summed E-state index contributed by atoms with van der Waals surface area (Å²) in [6, 6.07) is 0. The molecule has 0 aliphatic carbocycles. The predicted octanol–water partition coefficient (Wildman–Crippen LogP) is 2.55. The van der Waals surface area contributed by atoms with Gasteiger partial charge in [-0.15, -0.1) is 0 Å². The second kappa shape index (κ2) is 16.2. The van der Waals surface area contributed by atoms with E-state index in [9.17, 15) is 9.59 Å². The van der Waals surface area contributed by atoms with E-state index in [1.54, 1.807) is 0 Å². The first-order chi connectivity index (χ1) is 8.70. The van der Waals surface area contributed by atoms with Crippen molar-refractivity contribution in [3.63, 3.8) is 0 Å². The Balaban J connectivity index is 0. The fourth-order valence-corrected chi connectivity index (χ4v) is 1.80. The molecule has 19 heavy (non-hydrogen) atoms. The van der Waals surface area contributed by atoms with Crippen molar-refractivity contribution in [3.05, 3.63) is 0 Å². The number of carbonyl (C=O) groups excluding carboxylic acids is 2. The molecule has 0 aromatic rings. The number of hydrogen-bond acceptors (Lipinski definition) is 4. The largest absolute Gasteiger partial charge is 0.392 e. The first-order valence-electron chi connectivity index (χ1n) is 7.14. The van der Waals surface area contributed by atoms with Crippen LogP contribution in [0.3, 0.4) is 0 Å². The number of esters is 2. The molecule has 0 unspecified atom stereocenters. The van der Waals surface area contributed by atoms with Crippen LogP contribution in [-0.4, -0.2) is 48.0 Å². The normalized spacial score (nSPS) is 9.79. The molecule has 0 fully saturated rings. The van der Waals surface area contributed by atoms with Gasteiger partial charge in [-0.05, 0) is 6.42 Å². The number of hydrogen-bond donors (Lipinski definition) is 1. The summed E-state index contributed by atoms with van der Waals surface area (Å²) in [5.41, 5.74) is 5.04. The molecule has 4 nitrogen and oxygen atoms in total. The van der Waals surface area contributed by atoms with Gasteiger partial charge >= 0.3 is 11.9 Å². The summed E-state index contributed by atoms with van der Waals surface area (Å²) >= 11 is 0. The summed E-state index contributed by atoms with van der Waals surface area (Å²) in [5, 5.41) is 0. The number of carbonyl (C=O) groups is 2. The SMILES string of the molecule is CCCCCCCCCCCC(=O)OC(=O)CN.[Na]. The van der Waals surface area contributed by atoms with Gasteiger partial charge in [0.2, 0.25) is 0 Å². The second-order valence-corrected chi connectivity index (χ2v) is 4.63. The van der Waals surface area contributed by atoms with Gasteiger partial charge in [0.15, 0.2) is 0 Å². The van der Waals surface area contributed by atoms with Crippen LogP contribution in [0.4, 0.5) is 0 Å². The number of unbranched alkanes of at least 4 members (excludes halogenated alkanes) is 8. The molecule has 0 aromatic heterocycles. The van der Waals surface area contributed by atoms with Gasteiger partial charge in [0, 0.05) is 36.0 Å². The van der Waals surface area contributed by atoms with E-state index in [1.807, 2.05) is 0 Å². The average molecular weight is 280 g/mol. The van der Waals surface area contributed by atoms with E-state index in [0.717, 1.165) is 19.3 Å². The molecule has 2 N–H and O–H groups in total. The predicted molar refractivity (Wildman–Crippen MR) is 77.8 cm³/mol. The Morgan fingerprint density at radius 2 is 1.32 bits per heavy atom. The molecule has 0 rings (SSSR count). The van der Waals surface area contributed by atoms with Gasteiger partial charge < -0.3 is 10.5 Å². The molecule has 1 radical (unpaired) electrons. The van der Waals surface area contributed by atoms with Crippen LogP contribution in [0.15, 0.2) is 0 Å². The number of nitrogens with two attached hydrogens (primary N) is 1. The molecule has 0 aliphatic heterocycles. The van der Waals surface area contributed by atoms with Gasteiger partial charge in [-0.1, -0.05) is 58.3 Å². The van der Waals surface area contributed by atoms with E-state index in [4.69, 9.17) is 5.73 Å². The van der Waals surface area contributed by atoms with Gasteiger partial charge in [0.1, 0.15) is 0 Å². The van der Waals surface area contributed by atoms with Gasteiger partial charge in [-0.3, -0.25) is 9.59 Å². The Labute approximate surface area is 139 Å². The maximum atomic E-state index is 11.1. The van der Waals surface area contributed by atoms with Crippen molar-refractivity contribution in [2.45, 2.75) is 71.1 Å². The van der Waals surface area contributed by atoms with Gasteiger partial charge in [0.05, 0.1) is 6.54 Å². The molecule has 0 heterocycles. The van der Waals surface area contributed by atoms with Crippen LogP contribution in [-0.2, 0) is 14.3 Å². The van der Waals surface area contributed by atoms with Crippen molar-refractivity contribution < 1.29 is 14.3 Å². The summed E-state index contributed by atoms with van der Waals surface area (Å²) < 4.78 is 4.47. The molecule has 107 valence electrons. The molecule has 0 spiro atoms. The Hall–Kier alpha value is 0.1000. The van der Waals surface area contributed by atoms with Crippen LogP contribution in [0.2, 0.25) is 0 Å². The molecule has 5 heteroatoms. The third-order valence-electron chi connectivity index (χ3n) is 2.88. The molecule has 0 saturated carbocycles. The first kappa shape index (κ1) is 21.4. The third-order valence-corrected chi connectivity index (χ3v) is 2.88. The fourth-order valence-electron chi connectivity index (χ4n) is 1.80. The maximum Gasteiger partial charge on any atom is 0.327 e. The van der Waals surface area contributed by atoms with E-state index < -0.39 is 11.9 Å². The van der Waals surface area contributed by atoms with E-state index in [1.165, 1.54) is 38.5 Å². The molecule has 0 aromatic carbocycles. The van der Waals surface area contributed by atoms with Crippen molar-refractivity contribution in [1.82, 2.24) is 0 Å². The van der Waals surface area contributed by atoms with Crippen molar-refractivity contribution in [1.29, 1.82) is 0 Å². The monoisotopic (exact) mass is 280 g/mol. The Bertz CT molecular complexity index is 235. The van der Waals surface area contributed by atoms with Crippen molar-refractivity contribution >= 4 is 41.5 Å². The summed E-state index contributed by atoms with van der Waals surface area (Å²) in [6.07, 6.45) is 11.1. The van der Waals surface area contributed by atoms with E-state index in [2.05, 4.69) is 11.7 Å². The Kier molecular flexibility index (Phi) is 18.2. The quantitative estimate of drug-likeness (QED) is 0.273. The second-order valence-electron chi connectivity index (χ2n) is 4.63. The minimum Gasteiger partial charge on any atom is -0.392 e. The molecule has 0 aliphatic rings. The Morgan fingerprint density at radius 1 is 0.842 bits per heavy atom. The minimum absolute atomic E-state index is 0. The minimum atomic E-state index is -0.643. The van der Waals surface area contributed by atoms with E-state index >= 15 is 0 Å². The summed E-state index contributed by atoms with van der Waals surface area (Å²) in [6.45, 7) is 1.98. The first-order valence-corrected chi connectivity index (χ1v) is 7.14. The van der Waals surface area contributed by atoms with E-state index in [-0.39, 0.29) is 36.1 Å². The third kappa shape index (κ3) is 16.0. The maximum absolute atomic E-state index is 11.1. The summed E-state index contributed by atoms with van der Waals surface area (Å²) in [5.74, 6) is -1.09. The number of rotatable bonds is 11. The van der Waals surface area contributed by atoms with E-state index in [0.29, 0.717) is 6.42 Å². The zero-order valence-corrected chi connectivity index (χ0v) is 14.6. The topological polar surface area (TPSA) is 69.4 Å². The molecular weight excluding hydrogens is 253 g/mol. The van der Waals surface area contributed by atoms with Crippen molar-refractivity contribution in [2.75, 3.05) is 6.54 Å². The number of ether oxygens (including phenoxy) is 1. The van der Waals surface area contributed by atoms with Crippen LogP contribution in [0.25, 0.3) is 0 Å². The van der Waals surface area contributed by atoms with Crippen molar-refractivity contribution in [2.24, 2.45) is 5.73 Å². The smallest absolute Gasteiger partial charge is 0.327 e. The van der Waals surface area contributed by atoms with Crippen molar-refractivity contribution in [3.8, 4) is 0 Å². The van der Waals surface area contributed by atoms with Crippen LogP contribution in [0.5, 0.6) is 0 Å². The molecule has 0 saturated heterocycles. The van der Waals surface area contributed by atoms with Crippen LogP contribution >= 0.6 is 0 Å². The zero-order chi connectivity index (χ0) is 13.6. The van der Waals surface area contributed by atoms with Crippen LogP contribution in [0, 0.1) is 0 Å². The molecule has 0 amide bonds. The average Bonchev–Trinajstić information content (AvgIpc) is 2.36. The zero-order valence-electron chi connectivity index (χ0n) is 12.6. The molecule has 0 bridgehead atoms. The van der Waals surface area contributed by atoms with Gasteiger partial charge in [0.25, 0.3) is 0 Å². The van der Waals surface area contributed by atoms with Crippen LogP contribution in [0.1, 0.15) is 71.1 Å². The van der Waals surface area contributed by atoms with Gasteiger partial charge in [-0.25, -0.2) is 0 Å². The molecular formula is C14H27NNaO3. The summed E-state index contributed by atoms with van der Waals surface area (Å²) in [4.78, 5) is 21.8. The fraction of sp³-hybridized carbons (Fsp3) is 0.857. The Morgan fingerprint density at radius 3 is 1.79 bits per heavy atom. The van der Waals surface area contributed by atoms with Crippen LogP contribution < -0.4 is 5.73 Å². The summed E-state index contributed by atoms with van der Waals surface area (Å²) in [7, 11) is 0. The standard InChI is InChI=1S/C14H27NO3.Na/c1-2-3-4-5-6-7-8-9-10-11-13(16)18-14(17)12-15;/h2-12,15H2,1H3;. The molecule has 0 atom stereocenters.